The van der Waals surface area contributed by atoms with Crippen molar-refractivity contribution in [1.82, 2.24) is 10.6 Å². The number of benzene rings is 2. The maximum atomic E-state index is 14.3. The number of halogens is 1. The molecular formula is C27H35FN2O4. The number of amides is 2. The maximum Gasteiger partial charge on any atom is 0.408 e. The summed E-state index contributed by atoms with van der Waals surface area (Å²) >= 11 is 0. The van der Waals surface area contributed by atoms with Gasteiger partial charge in [-0.05, 0) is 71.2 Å². The predicted octanol–water partition coefficient (Wildman–Crippen LogP) is 4.91. The molecule has 0 aromatic heterocycles. The highest BCUT2D eigenvalue weighted by molar-refractivity contribution is 5.99. The molecule has 0 fully saturated rings. The average molecular weight is 471 g/mol. The van der Waals surface area contributed by atoms with Gasteiger partial charge in [-0.1, -0.05) is 36.4 Å². The second kappa shape index (κ2) is 10.8. The zero-order chi connectivity index (χ0) is 25.7. The van der Waals surface area contributed by atoms with Crippen molar-refractivity contribution in [3.8, 4) is 0 Å². The molecule has 0 saturated carbocycles. The number of hydrogen-bond donors (Lipinski definition) is 2. The van der Waals surface area contributed by atoms with Gasteiger partial charge in [0, 0.05) is 23.9 Å². The van der Waals surface area contributed by atoms with E-state index in [0.29, 0.717) is 16.7 Å². The summed E-state index contributed by atoms with van der Waals surface area (Å²) in [5.74, 6) is -1.10. The van der Waals surface area contributed by atoms with Crippen LogP contribution in [0.3, 0.4) is 0 Å². The van der Waals surface area contributed by atoms with Crippen molar-refractivity contribution in [3.05, 3.63) is 70.5 Å². The molecule has 34 heavy (non-hydrogen) atoms. The van der Waals surface area contributed by atoms with Gasteiger partial charge in [0.15, 0.2) is 5.78 Å². The first-order valence-electron chi connectivity index (χ1n) is 11.3. The van der Waals surface area contributed by atoms with Gasteiger partial charge in [0.1, 0.15) is 11.4 Å². The molecule has 0 aliphatic rings. The number of carbonyl (C=O) groups excluding carboxylic acids is 3. The first kappa shape index (κ1) is 27.0. The van der Waals surface area contributed by atoms with Crippen molar-refractivity contribution < 1.29 is 23.5 Å². The zero-order valence-electron chi connectivity index (χ0n) is 21.0. The molecule has 0 heterocycles. The summed E-state index contributed by atoms with van der Waals surface area (Å²) in [5.41, 5.74) is 0.782. The summed E-state index contributed by atoms with van der Waals surface area (Å²) in [7, 11) is 0. The van der Waals surface area contributed by atoms with Gasteiger partial charge >= 0.3 is 6.09 Å². The Kier molecular flexibility index (Phi) is 8.59. The van der Waals surface area contributed by atoms with Gasteiger partial charge in [0.05, 0.1) is 6.04 Å². The molecule has 0 bridgehead atoms. The largest absolute Gasteiger partial charge is 0.444 e. The fourth-order valence-corrected chi connectivity index (χ4v) is 3.49. The fraction of sp³-hybridized carbons (Fsp3) is 0.444. The first-order valence-corrected chi connectivity index (χ1v) is 11.3. The SMILES string of the molecule is Cc1cccc(CC(=O)C(Cc2ccccc2F)NC(=O)OC(C)(C)C)c1C(=O)NC(C)(C)C. The summed E-state index contributed by atoms with van der Waals surface area (Å²) < 4.78 is 19.6. The number of hydrogen-bond acceptors (Lipinski definition) is 4. The lowest BCUT2D eigenvalue weighted by Gasteiger charge is -2.24. The van der Waals surface area contributed by atoms with Crippen LogP contribution in [0, 0.1) is 12.7 Å². The van der Waals surface area contributed by atoms with Crippen molar-refractivity contribution in [2.45, 2.75) is 78.5 Å². The minimum Gasteiger partial charge on any atom is -0.444 e. The van der Waals surface area contributed by atoms with Gasteiger partial charge in [-0.25, -0.2) is 9.18 Å². The van der Waals surface area contributed by atoms with E-state index in [1.165, 1.54) is 6.07 Å². The topological polar surface area (TPSA) is 84.5 Å². The normalized spacial score (nSPS) is 12.6. The van der Waals surface area contributed by atoms with E-state index >= 15 is 0 Å². The van der Waals surface area contributed by atoms with Crippen LogP contribution in [0.25, 0.3) is 0 Å². The number of carbonyl (C=O) groups is 3. The van der Waals surface area contributed by atoms with Crippen molar-refractivity contribution in [2.24, 2.45) is 0 Å². The van der Waals surface area contributed by atoms with Crippen LogP contribution in [0.5, 0.6) is 0 Å². The highest BCUT2D eigenvalue weighted by atomic mass is 19.1. The quantitative estimate of drug-likeness (QED) is 0.602. The Hall–Kier alpha value is -3.22. The zero-order valence-corrected chi connectivity index (χ0v) is 21.0. The van der Waals surface area contributed by atoms with E-state index in [-0.39, 0.29) is 24.5 Å². The summed E-state index contributed by atoms with van der Waals surface area (Å²) in [6.07, 6.45) is -0.916. The van der Waals surface area contributed by atoms with Gasteiger partial charge in [-0.2, -0.15) is 0 Å². The van der Waals surface area contributed by atoms with E-state index in [1.54, 1.807) is 64.1 Å². The van der Waals surface area contributed by atoms with Gasteiger partial charge in [0.25, 0.3) is 5.91 Å². The van der Waals surface area contributed by atoms with E-state index in [1.807, 2.05) is 20.8 Å². The molecule has 2 rings (SSSR count). The molecule has 2 N–H and O–H groups in total. The molecule has 0 saturated heterocycles. The monoisotopic (exact) mass is 470 g/mol. The third-order valence-electron chi connectivity index (χ3n) is 4.90. The highest BCUT2D eigenvalue weighted by Crippen LogP contribution is 2.19. The fourth-order valence-electron chi connectivity index (χ4n) is 3.49. The van der Waals surface area contributed by atoms with E-state index in [2.05, 4.69) is 10.6 Å². The first-order chi connectivity index (χ1) is 15.7. The number of aryl methyl sites for hydroxylation is 1. The number of rotatable bonds is 7. The van der Waals surface area contributed by atoms with Gasteiger partial charge in [-0.3, -0.25) is 9.59 Å². The van der Waals surface area contributed by atoms with Crippen LogP contribution in [0.15, 0.2) is 42.5 Å². The third kappa shape index (κ3) is 8.28. The van der Waals surface area contributed by atoms with Crippen LogP contribution in [0.1, 0.15) is 68.6 Å². The number of ether oxygens (including phenoxy) is 1. The molecule has 0 spiro atoms. The minimum atomic E-state index is -1.04. The van der Waals surface area contributed by atoms with Crippen molar-refractivity contribution in [2.75, 3.05) is 0 Å². The Labute approximate surface area is 201 Å². The molecule has 2 amide bonds. The smallest absolute Gasteiger partial charge is 0.408 e. The molecule has 6 nitrogen and oxygen atoms in total. The van der Waals surface area contributed by atoms with Gasteiger partial charge in [0.2, 0.25) is 0 Å². The lowest BCUT2D eigenvalue weighted by molar-refractivity contribution is -0.120. The van der Waals surface area contributed by atoms with Crippen molar-refractivity contribution in [1.29, 1.82) is 0 Å². The van der Waals surface area contributed by atoms with Crippen molar-refractivity contribution in [3.63, 3.8) is 0 Å². The Bertz CT molecular complexity index is 1050. The van der Waals surface area contributed by atoms with E-state index in [4.69, 9.17) is 4.74 Å². The number of Topliss-reactive ketones (excluding diaryl/α,β-unsaturated/α-hetero) is 1. The Morgan fingerprint density at radius 3 is 2.15 bits per heavy atom. The van der Waals surface area contributed by atoms with Crippen LogP contribution < -0.4 is 10.6 Å². The van der Waals surface area contributed by atoms with Crippen LogP contribution in [-0.4, -0.2) is 35.0 Å². The standard InChI is InChI=1S/C27H35FN2O4/c1-17-11-10-13-19(23(17)24(32)30-26(2,3)4)16-22(31)21(29-25(33)34-27(5,6)7)15-18-12-8-9-14-20(18)28/h8-14,21H,15-16H2,1-7H3,(H,29,33)(H,30,32). The molecule has 2 aromatic rings. The van der Waals surface area contributed by atoms with Crippen LogP contribution >= 0.6 is 0 Å². The molecule has 0 aliphatic carbocycles. The summed E-state index contributed by atoms with van der Waals surface area (Å²) in [5, 5.41) is 5.53. The Morgan fingerprint density at radius 1 is 0.941 bits per heavy atom. The molecular weight excluding hydrogens is 435 g/mol. The molecule has 0 radical (unpaired) electrons. The van der Waals surface area contributed by atoms with Crippen LogP contribution in [-0.2, 0) is 22.4 Å². The molecule has 184 valence electrons. The van der Waals surface area contributed by atoms with Crippen LogP contribution in [0.2, 0.25) is 0 Å². The van der Waals surface area contributed by atoms with Gasteiger partial charge < -0.3 is 15.4 Å². The van der Waals surface area contributed by atoms with Gasteiger partial charge in [-0.15, -0.1) is 0 Å². The van der Waals surface area contributed by atoms with E-state index in [9.17, 15) is 18.8 Å². The average Bonchev–Trinajstić information content (AvgIpc) is 2.66. The lowest BCUT2D eigenvalue weighted by atomic mass is 9.92. The molecule has 1 unspecified atom stereocenters. The van der Waals surface area contributed by atoms with E-state index < -0.39 is 29.1 Å². The molecule has 2 aromatic carbocycles. The summed E-state index contributed by atoms with van der Waals surface area (Å²) in [6, 6.07) is 10.4. The number of nitrogens with one attached hydrogen (secondary N) is 2. The lowest BCUT2D eigenvalue weighted by Crippen LogP contribution is -2.45. The second-order valence-electron chi connectivity index (χ2n) is 10.5. The van der Waals surface area contributed by atoms with Crippen molar-refractivity contribution >= 4 is 17.8 Å². The Morgan fingerprint density at radius 2 is 1.56 bits per heavy atom. The molecule has 0 aliphatic heterocycles. The number of alkyl carbamates (subject to hydrolysis) is 1. The maximum absolute atomic E-state index is 14.3. The number of ketones is 1. The molecule has 1 atom stereocenters. The summed E-state index contributed by atoms with van der Waals surface area (Å²) in [6.45, 7) is 12.6. The van der Waals surface area contributed by atoms with E-state index in [0.717, 1.165) is 5.56 Å². The second-order valence-corrected chi connectivity index (χ2v) is 10.5. The third-order valence-corrected chi connectivity index (χ3v) is 4.90. The molecule has 7 heteroatoms. The summed E-state index contributed by atoms with van der Waals surface area (Å²) in [4.78, 5) is 38.8. The minimum absolute atomic E-state index is 0.0416. The van der Waals surface area contributed by atoms with Crippen LogP contribution in [0.4, 0.5) is 9.18 Å². The highest BCUT2D eigenvalue weighted by Gasteiger charge is 2.27. The predicted molar refractivity (Wildman–Crippen MR) is 130 cm³/mol. The Balaban J connectivity index is 2.35.